The second-order valence-corrected chi connectivity index (χ2v) is 3.68. The molecule has 0 amide bonds. The molecule has 3 nitrogen and oxygen atoms in total. The molecule has 1 aromatic carbocycles. The molecule has 0 unspecified atom stereocenters. The fourth-order valence-corrected chi connectivity index (χ4v) is 1.93. The first-order chi connectivity index (χ1) is 7.77. The molecule has 0 atom stereocenters. The molecule has 0 aliphatic heterocycles. The fraction of sp³-hybridized carbons (Fsp3) is 0.308. The van der Waals surface area contributed by atoms with Gasteiger partial charge in [-0.05, 0) is 12.1 Å². The predicted octanol–water partition coefficient (Wildman–Crippen LogP) is 1.96. The van der Waals surface area contributed by atoms with Crippen molar-refractivity contribution in [2.75, 3.05) is 14.2 Å². The van der Waals surface area contributed by atoms with Gasteiger partial charge in [-0.1, -0.05) is 12.1 Å². The van der Waals surface area contributed by atoms with Crippen molar-refractivity contribution < 1.29 is 14.0 Å². The number of rotatable bonds is 3. The van der Waals surface area contributed by atoms with E-state index < -0.39 is 0 Å². The Morgan fingerprint density at radius 1 is 1.00 bits per heavy atom. The zero-order valence-corrected chi connectivity index (χ0v) is 9.81. The van der Waals surface area contributed by atoms with Crippen LogP contribution < -0.4 is 4.57 Å². The lowest BCUT2D eigenvalue weighted by molar-refractivity contribution is -0.660. The second-order valence-electron chi connectivity index (χ2n) is 3.68. The maximum Gasteiger partial charge on any atom is 0.244 e. The smallest absolute Gasteiger partial charge is 0.244 e. The van der Waals surface area contributed by atoms with Crippen molar-refractivity contribution in [2.45, 2.75) is 6.29 Å². The van der Waals surface area contributed by atoms with Crippen molar-refractivity contribution in [1.29, 1.82) is 0 Å². The number of ether oxygens (including phenoxy) is 2. The van der Waals surface area contributed by atoms with Gasteiger partial charge in [-0.25, -0.2) is 0 Å². The van der Waals surface area contributed by atoms with E-state index in [2.05, 4.69) is 22.8 Å². The first kappa shape index (κ1) is 11.0. The van der Waals surface area contributed by atoms with E-state index in [0.29, 0.717) is 0 Å². The van der Waals surface area contributed by atoms with E-state index in [4.69, 9.17) is 9.47 Å². The van der Waals surface area contributed by atoms with E-state index in [-0.39, 0.29) is 6.29 Å². The Balaban J connectivity index is 2.60. The van der Waals surface area contributed by atoms with Crippen LogP contribution in [0.15, 0.2) is 36.4 Å². The van der Waals surface area contributed by atoms with Crippen LogP contribution in [0.3, 0.4) is 0 Å². The summed E-state index contributed by atoms with van der Waals surface area (Å²) in [6.45, 7) is 0. The Labute approximate surface area is 95.2 Å². The van der Waals surface area contributed by atoms with Gasteiger partial charge in [-0.3, -0.25) is 0 Å². The van der Waals surface area contributed by atoms with E-state index >= 15 is 0 Å². The summed E-state index contributed by atoms with van der Waals surface area (Å²) in [5.41, 5.74) is 2.17. The van der Waals surface area contributed by atoms with Crippen LogP contribution >= 0.6 is 0 Å². The van der Waals surface area contributed by atoms with E-state index in [9.17, 15) is 0 Å². The summed E-state index contributed by atoms with van der Waals surface area (Å²) in [5.74, 6) is 0. The molecule has 84 valence electrons. The van der Waals surface area contributed by atoms with Gasteiger partial charge in [0.25, 0.3) is 0 Å². The molecule has 16 heavy (non-hydrogen) atoms. The third-order valence-corrected chi connectivity index (χ3v) is 2.79. The Kier molecular flexibility index (Phi) is 3.17. The topological polar surface area (TPSA) is 22.3 Å². The van der Waals surface area contributed by atoms with Gasteiger partial charge in [0.2, 0.25) is 17.5 Å². The van der Waals surface area contributed by atoms with Gasteiger partial charge in [0.15, 0.2) is 0 Å². The Bertz CT molecular complexity index is 492. The Morgan fingerprint density at radius 3 is 2.38 bits per heavy atom. The quantitative estimate of drug-likeness (QED) is 0.580. The van der Waals surface area contributed by atoms with Crippen LogP contribution in [-0.4, -0.2) is 14.2 Å². The predicted molar refractivity (Wildman–Crippen MR) is 61.9 cm³/mol. The number of aromatic nitrogens is 1. The highest BCUT2D eigenvalue weighted by Crippen LogP contribution is 2.17. The van der Waals surface area contributed by atoms with Gasteiger partial charge in [-0.2, -0.15) is 4.57 Å². The molecular formula is C13H16NO2+. The molecule has 1 aromatic heterocycles. The molecule has 0 saturated heterocycles. The van der Waals surface area contributed by atoms with Crippen LogP contribution in [0.4, 0.5) is 0 Å². The molecule has 0 aliphatic rings. The molecule has 3 heteroatoms. The van der Waals surface area contributed by atoms with Gasteiger partial charge < -0.3 is 9.47 Å². The van der Waals surface area contributed by atoms with Crippen molar-refractivity contribution >= 4 is 10.9 Å². The van der Waals surface area contributed by atoms with Gasteiger partial charge >= 0.3 is 0 Å². The Morgan fingerprint density at radius 2 is 1.69 bits per heavy atom. The maximum absolute atomic E-state index is 5.27. The maximum atomic E-state index is 5.27. The summed E-state index contributed by atoms with van der Waals surface area (Å²) in [6.07, 6.45) is -0.324. The summed E-state index contributed by atoms with van der Waals surface area (Å²) in [5, 5.41) is 1.21. The zero-order valence-electron chi connectivity index (χ0n) is 9.81. The minimum absolute atomic E-state index is 0.324. The number of para-hydroxylation sites is 1. The molecule has 0 bridgehead atoms. The third-order valence-electron chi connectivity index (χ3n) is 2.79. The number of fused-ring (bicyclic) bond motifs is 1. The summed E-state index contributed by atoms with van der Waals surface area (Å²) in [6, 6.07) is 12.3. The molecule has 0 saturated carbocycles. The summed E-state index contributed by atoms with van der Waals surface area (Å²) in [4.78, 5) is 0. The monoisotopic (exact) mass is 218 g/mol. The molecule has 2 aromatic rings. The van der Waals surface area contributed by atoms with E-state index in [1.807, 2.05) is 25.2 Å². The fourth-order valence-electron chi connectivity index (χ4n) is 1.93. The van der Waals surface area contributed by atoms with Gasteiger partial charge in [-0.15, -0.1) is 0 Å². The molecule has 0 radical (unpaired) electrons. The molecule has 0 fully saturated rings. The summed E-state index contributed by atoms with van der Waals surface area (Å²) in [7, 11) is 5.30. The molecule has 0 aliphatic carbocycles. The van der Waals surface area contributed by atoms with Crippen molar-refractivity contribution in [1.82, 2.24) is 0 Å². The van der Waals surface area contributed by atoms with Crippen LogP contribution in [0, 0.1) is 0 Å². The van der Waals surface area contributed by atoms with Crippen LogP contribution in [0.25, 0.3) is 10.9 Å². The number of pyridine rings is 1. The van der Waals surface area contributed by atoms with E-state index in [1.54, 1.807) is 14.2 Å². The molecule has 2 rings (SSSR count). The lowest BCUT2D eigenvalue weighted by Gasteiger charge is -2.11. The summed E-state index contributed by atoms with van der Waals surface area (Å²) < 4.78 is 12.6. The zero-order chi connectivity index (χ0) is 11.5. The largest absolute Gasteiger partial charge is 0.347 e. The van der Waals surface area contributed by atoms with Crippen LogP contribution in [0.5, 0.6) is 0 Å². The minimum Gasteiger partial charge on any atom is -0.347 e. The lowest BCUT2D eigenvalue weighted by atomic mass is 10.2. The SMILES string of the molecule is COC(OC)c1ccc2ccccc2[n+]1C. The number of methoxy groups -OCH3 is 2. The lowest BCUT2D eigenvalue weighted by Crippen LogP contribution is -2.36. The van der Waals surface area contributed by atoms with Gasteiger partial charge in [0, 0.05) is 31.7 Å². The number of nitrogens with zero attached hydrogens (tertiary/aromatic N) is 1. The third kappa shape index (κ3) is 1.79. The van der Waals surface area contributed by atoms with Gasteiger partial charge in [0.05, 0.1) is 0 Å². The van der Waals surface area contributed by atoms with Crippen molar-refractivity contribution in [3.63, 3.8) is 0 Å². The Hall–Kier alpha value is -1.45. The normalized spacial score (nSPS) is 11.2. The second kappa shape index (κ2) is 4.60. The first-order valence-corrected chi connectivity index (χ1v) is 5.21. The molecule has 0 spiro atoms. The van der Waals surface area contributed by atoms with E-state index in [1.165, 1.54) is 10.9 Å². The van der Waals surface area contributed by atoms with Crippen molar-refractivity contribution in [3.8, 4) is 0 Å². The first-order valence-electron chi connectivity index (χ1n) is 5.21. The minimum atomic E-state index is -0.324. The van der Waals surface area contributed by atoms with Crippen LogP contribution in [-0.2, 0) is 16.5 Å². The number of hydrogen-bond acceptors (Lipinski definition) is 2. The van der Waals surface area contributed by atoms with Crippen LogP contribution in [0.2, 0.25) is 0 Å². The van der Waals surface area contributed by atoms with E-state index in [0.717, 1.165) is 5.69 Å². The standard InChI is InChI=1S/C13H16NO2/c1-14-11-7-5-4-6-10(11)8-9-12(14)13(15-2)16-3/h4-9,13H,1-3H3/q+1. The highest BCUT2D eigenvalue weighted by atomic mass is 16.7. The summed E-state index contributed by atoms with van der Waals surface area (Å²) >= 11 is 0. The number of benzene rings is 1. The molecule has 0 N–H and O–H groups in total. The van der Waals surface area contributed by atoms with Crippen LogP contribution in [0.1, 0.15) is 12.0 Å². The molecular weight excluding hydrogens is 202 g/mol. The number of aryl methyl sites for hydroxylation is 1. The highest BCUT2D eigenvalue weighted by Gasteiger charge is 2.20. The number of hydrogen-bond donors (Lipinski definition) is 0. The van der Waals surface area contributed by atoms with Crippen molar-refractivity contribution in [3.05, 3.63) is 42.1 Å². The van der Waals surface area contributed by atoms with Crippen molar-refractivity contribution in [2.24, 2.45) is 7.05 Å². The average molecular weight is 218 g/mol. The average Bonchev–Trinajstić information content (AvgIpc) is 2.34. The van der Waals surface area contributed by atoms with Gasteiger partial charge in [0.1, 0.15) is 7.05 Å². The molecule has 1 heterocycles. The highest BCUT2D eigenvalue weighted by molar-refractivity contribution is 5.75.